The summed E-state index contributed by atoms with van der Waals surface area (Å²) in [6.45, 7) is 2.42. The first-order valence-corrected chi connectivity index (χ1v) is 14.0. The van der Waals surface area contributed by atoms with Crippen LogP contribution in [0.3, 0.4) is 0 Å². The van der Waals surface area contributed by atoms with E-state index in [1.165, 1.54) is 154 Å². The van der Waals surface area contributed by atoms with Crippen LogP contribution >= 0.6 is 0 Å². The van der Waals surface area contributed by atoms with Gasteiger partial charge in [-0.25, -0.2) is 5.11 Å². The van der Waals surface area contributed by atoms with Crippen LogP contribution in [-0.4, -0.2) is 6.61 Å². The van der Waals surface area contributed by atoms with E-state index < -0.39 is 0 Å². The zero-order chi connectivity index (χ0) is 21.1. The van der Waals surface area contributed by atoms with E-state index in [9.17, 15) is 5.11 Å². The predicted molar refractivity (Wildman–Crippen MR) is 131 cm³/mol. The SMILES string of the molecule is CCCCCCCCCCCCCCCCCCCCCCCCCCCC[O]. The molecule has 0 atom stereocenters. The molecule has 0 aliphatic rings. The van der Waals surface area contributed by atoms with Gasteiger partial charge >= 0.3 is 0 Å². The Bertz CT molecular complexity index is 237. The van der Waals surface area contributed by atoms with Gasteiger partial charge in [0.15, 0.2) is 0 Å². The molecule has 0 spiro atoms. The van der Waals surface area contributed by atoms with E-state index >= 15 is 0 Å². The zero-order valence-electron chi connectivity index (χ0n) is 20.5. The second-order valence-corrected chi connectivity index (χ2v) is 9.54. The molecule has 0 fully saturated rings. The smallest absolute Gasteiger partial charge is 0.0822 e. The van der Waals surface area contributed by atoms with Crippen molar-refractivity contribution in [3.8, 4) is 0 Å². The molecule has 0 aliphatic carbocycles. The molecule has 0 N–H and O–H groups in total. The Balaban J connectivity index is 2.97. The van der Waals surface area contributed by atoms with Crippen molar-refractivity contribution in [3.05, 3.63) is 0 Å². The average molecular weight is 410 g/mol. The molecule has 0 rings (SSSR count). The lowest BCUT2D eigenvalue weighted by Crippen LogP contribution is -1.85. The van der Waals surface area contributed by atoms with E-state index in [0.717, 1.165) is 12.8 Å². The molecule has 0 unspecified atom stereocenters. The molecule has 0 aliphatic heterocycles. The Morgan fingerprint density at radius 1 is 0.276 bits per heavy atom. The maximum Gasteiger partial charge on any atom is 0.0822 e. The maximum atomic E-state index is 10.4. The first kappa shape index (κ1) is 29.0. The van der Waals surface area contributed by atoms with Crippen LogP contribution in [0.4, 0.5) is 0 Å². The van der Waals surface area contributed by atoms with Crippen LogP contribution in [-0.2, 0) is 5.11 Å². The van der Waals surface area contributed by atoms with Crippen molar-refractivity contribution in [1.29, 1.82) is 0 Å². The highest BCUT2D eigenvalue weighted by atomic mass is 16.2. The monoisotopic (exact) mass is 409 g/mol. The quantitative estimate of drug-likeness (QED) is 0.127. The van der Waals surface area contributed by atoms with Crippen LogP contribution in [0, 0.1) is 0 Å². The molecular weight excluding hydrogens is 352 g/mol. The van der Waals surface area contributed by atoms with Gasteiger partial charge in [-0.2, -0.15) is 0 Å². The van der Waals surface area contributed by atoms with Gasteiger partial charge < -0.3 is 0 Å². The van der Waals surface area contributed by atoms with Gasteiger partial charge in [0.25, 0.3) is 0 Å². The van der Waals surface area contributed by atoms with Crippen LogP contribution in [0.25, 0.3) is 0 Å². The number of unbranched alkanes of at least 4 members (excludes halogenated alkanes) is 25. The minimum atomic E-state index is 0.124. The summed E-state index contributed by atoms with van der Waals surface area (Å²) in [6, 6.07) is 0. The predicted octanol–water partition coefficient (Wildman–Crippen LogP) is 10.6. The van der Waals surface area contributed by atoms with Crippen molar-refractivity contribution in [3.63, 3.8) is 0 Å². The second-order valence-electron chi connectivity index (χ2n) is 9.54. The van der Waals surface area contributed by atoms with E-state index in [1.807, 2.05) is 0 Å². The van der Waals surface area contributed by atoms with Gasteiger partial charge in [0.2, 0.25) is 0 Å². The molecule has 0 aromatic heterocycles. The average Bonchev–Trinajstić information content (AvgIpc) is 2.74. The normalized spacial score (nSPS) is 11.4. The molecule has 1 radical (unpaired) electrons. The van der Waals surface area contributed by atoms with Crippen LogP contribution in [0.5, 0.6) is 0 Å². The topological polar surface area (TPSA) is 19.9 Å². The van der Waals surface area contributed by atoms with Gasteiger partial charge in [0, 0.05) is 0 Å². The Morgan fingerprint density at radius 3 is 0.621 bits per heavy atom. The van der Waals surface area contributed by atoms with Crippen molar-refractivity contribution in [1.82, 2.24) is 0 Å². The van der Waals surface area contributed by atoms with E-state index in [-0.39, 0.29) is 6.61 Å². The Labute approximate surface area is 185 Å². The largest absolute Gasteiger partial charge is 0.237 e. The summed E-state index contributed by atoms with van der Waals surface area (Å²) in [5, 5.41) is 10.4. The lowest BCUT2D eigenvalue weighted by atomic mass is 10.0. The van der Waals surface area contributed by atoms with Crippen LogP contribution < -0.4 is 0 Å². The van der Waals surface area contributed by atoms with E-state index in [4.69, 9.17) is 0 Å². The van der Waals surface area contributed by atoms with Crippen molar-refractivity contribution < 1.29 is 5.11 Å². The lowest BCUT2D eigenvalue weighted by Gasteiger charge is -2.04. The van der Waals surface area contributed by atoms with E-state index in [2.05, 4.69) is 6.92 Å². The maximum absolute atomic E-state index is 10.4. The number of hydrogen-bond donors (Lipinski definition) is 0. The minimum absolute atomic E-state index is 0.124. The van der Waals surface area contributed by atoms with Crippen LogP contribution in [0.15, 0.2) is 0 Å². The molecule has 0 saturated carbocycles. The van der Waals surface area contributed by atoms with E-state index in [1.54, 1.807) is 0 Å². The summed E-state index contributed by atoms with van der Waals surface area (Å²) in [7, 11) is 0. The zero-order valence-corrected chi connectivity index (χ0v) is 20.5. The third kappa shape index (κ3) is 28.0. The summed E-state index contributed by atoms with van der Waals surface area (Å²) >= 11 is 0. The second kappa shape index (κ2) is 28.0. The summed E-state index contributed by atoms with van der Waals surface area (Å²) in [5.41, 5.74) is 0. The summed E-state index contributed by atoms with van der Waals surface area (Å²) < 4.78 is 0. The van der Waals surface area contributed by atoms with Gasteiger partial charge in [-0.05, 0) is 6.42 Å². The molecule has 1 heteroatoms. The molecule has 0 heterocycles. The van der Waals surface area contributed by atoms with Gasteiger partial charge in [-0.3, -0.25) is 0 Å². The highest BCUT2D eigenvalue weighted by Gasteiger charge is 1.96. The standard InChI is InChI=1S/C28H57O/c1-2-3-4-5-6-7-8-9-10-11-12-13-14-15-16-17-18-19-20-21-22-23-24-25-26-27-28-29/h2-28H2,1H3. The molecule has 0 aromatic rings. The molecule has 29 heavy (non-hydrogen) atoms. The Morgan fingerprint density at radius 2 is 0.448 bits per heavy atom. The molecule has 175 valence electrons. The molecule has 0 amide bonds. The molecule has 0 saturated heterocycles. The summed E-state index contributed by atoms with van der Waals surface area (Å²) in [6.07, 6.45) is 36.7. The molecular formula is C28H57O. The number of rotatable bonds is 26. The summed E-state index contributed by atoms with van der Waals surface area (Å²) in [4.78, 5) is 0. The van der Waals surface area contributed by atoms with Crippen molar-refractivity contribution in [2.45, 2.75) is 174 Å². The van der Waals surface area contributed by atoms with Crippen molar-refractivity contribution >= 4 is 0 Å². The summed E-state index contributed by atoms with van der Waals surface area (Å²) in [5.74, 6) is 0. The fraction of sp³-hybridized carbons (Fsp3) is 1.00. The third-order valence-electron chi connectivity index (χ3n) is 6.50. The molecule has 1 nitrogen and oxygen atoms in total. The van der Waals surface area contributed by atoms with Crippen LogP contribution in [0.1, 0.15) is 174 Å². The van der Waals surface area contributed by atoms with Gasteiger partial charge in [-0.1, -0.05) is 167 Å². The fourth-order valence-electron chi connectivity index (χ4n) is 4.42. The van der Waals surface area contributed by atoms with Crippen molar-refractivity contribution in [2.24, 2.45) is 0 Å². The molecule has 0 aromatic carbocycles. The van der Waals surface area contributed by atoms with Crippen molar-refractivity contribution in [2.75, 3.05) is 6.61 Å². The van der Waals surface area contributed by atoms with Crippen LogP contribution in [0.2, 0.25) is 0 Å². The first-order chi connectivity index (χ1) is 14.4. The highest BCUT2D eigenvalue weighted by molar-refractivity contribution is 4.51. The van der Waals surface area contributed by atoms with Gasteiger partial charge in [0.1, 0.15) is 0 Å². The molecule has 0 bridgehead atoms. The Hall–Kier alpha value is -0.0400. The van der Waals surface area contributed by atoms with Gasteiger partial charge in [0.05, 0.1) is 6.61 Å². The third-order valence-corrected chi connectivity index (χ3v) is 6.50. The Kier molecular flexibility index (Phi) is 27.9. The van der Waals surface area contributed by atoms with E-state index in [0.29, 0.717) is 0 Å². The number of hydrogen-bond acceptors (Lipinski definition) is 0. The van der Waals surface area contributed by atoms with Gasteiger partial charge in [-0.15, -0.1) is 0 Å². The highest BCUT2D eigenvalue weighted by Crippen LogP contribution is 2.15. The fourth-order valence-corrected chi connectivity index (χ4v) is 4.42. The lowest BCUT2D eigenvalue weighted by molar-refractivity contribution is 0.186. The first-order valence-electron chi connectivity index (χ1n) is 14.0. The minimum Gasteiger partial charge on any atom is -0.237 e.